The summed E-state index contributed by atoms with van der Waals surface area (Å²) in [6.45, 7) is 0.511. The Morgan fingerprint density at radius 1 is 1.43 bits per heavy atom. The molecular formula is C14H18N4O3. The average molecular weight is 290 g/mol. The number of aromatic nitrogens is 3. The van der Waals surface area contributed by atoms with E-state index in [1.165, 1.54) is 9.08 Å². The molecule has 1 saturated carbocycles. The summed E-state index contributed by atoms with van der Waals surface area (Å²) in [5.74, 6) is -0.181. The van der Waals surface area contributed by atoms with Gasteiger partial charge in [-0.1, -0.05) is 6.07 Å². The summed E-state index contributed by atoms with van der Waals surface area (Å²) in [7, 11) is 0. The quantitative estimate of drug-likeness (QED) is 0.806. The fourth-order valence-electron chi connectivity index (χ4n) is 2.43. The maximum atomic E-state index is 12.0. The predicted molar refractivity (Wildman–Crippen MR) is 75.9 cm³/mol. The van der Waals surface area contributed by atoms with Gasteiger partial charge in [-0.05, 0) is 31.4 Å². The maximum absolute atomic E-state index is 12.0. The van der Waals surface area contributed by atoms with Crippen LogP contribution in [0, 0.1) is 0 Å². The normalized spacial score (nSPS) is 16.6. The van der Waals surface area contributed by atoms with Crippen LogP contribution in [-0.2, 0) is 11.3 Å². The van der Waals surface area contributed by atoms with Crippen LogP contribution in [0.1, 0.15) is 25.7 Å². The molecule has 1 aliphatic carbocycles. The Labute approximate surface area is 121 Å². The molecule has 1 aliphatic rings. The van der Waals surface area contributed by atoms with Crippen molar-refractivity contribution in [1.82, 2.24) is 19.5 Å². The van der Waals surface area contributed by atoms with Gasteiger partial charge in [-0.15, -0.1) is 5.10 Å². The number of nitrogens with one attached hydrogen (secondary N) is 1. The highest BCUT2D eigenvalue weighted by molar-refractivity contribution is 5.75. The molecule has 2 heterocycles. The van der Waals surface area contributed by atoms with Gasteiger partial charge in [0.05, 0.1) is 12.1 Å². The minimum absolute atomic E-state index is 0.167. The van der Waals surface area contributed by atoms with Crippen LogP contribution < -0.4 is 11.0 Å². The Kier molecular flexibility index (Phi) is 3.50. The van der Waals surface area contributed by atoms with Gasteiger partial charge in [-0.3, -0.25) is 9.20 Å². The summed E-state index contributed by atoms with van der Waals surface area (Å²) < 4.78 is 2.72. The van der Waals surface area contributed by atoms with E-state index in [2.05, 4.69) is 10.4 Å². The molecule has 2 aromatic heterocycles. The van der Waals surface area contributed by atoms with Gasteiger partial charge in [-0.2, -0.15) is 0 Å². The first kappa shape index (κ1) is 13.8. The lowest BCUT2D eigenvalue weighted by molar-refractivity contribution is -0.123. The highest BCUT2D eigenvalue weighted by atomic mass is 16.3. The van der Waals surface area contributed by atoms with Crippen molar-refractivity contribution in [1.29, 1.82) is 0 Å². The third kappa shape index (κ3) is 2.82. The first-order chi connectivity index (χ1) is 10.1. The van der Waals surface area contributed by atoms with Crippen LogP contribution in [0.3, 0.4) is 0 Å². The van der Waals surface area contributed by atoms with Gasteiger partial charge in [0.25, 0.3) is 0 Å². The largest absolute Gasteiger partial charge is 0.388 e. The maximum Gasteiger partial charge on any atom is 0.350 e. The van der Waals surface area contributed by atoms with Crippen LogP contribution in [0.25, 0.3) is 5.65 Å². The van der Waals surface area contributed by atoms with E-state index in [4.69, 9.17) is 0 Å². The average Bonchev–Trinajstić information content (AvgIpc) is 2.78. The lowest BCUT2D eigenvalue weighted by Gasteiger charge is -2.36. The zero-order valence-electron chi connectivity index (χ0n) is 11.7. The van der Waals surface area contributed by atoms with Crippen molar-refractivity contribution in [3.05, 3.63) is 34.9 Å². The number of carbonyl (C=O) groups excluding carboxylic acids is 1. The lowest BCUT2D eigenvalue weighted by atomic mass is 9.80. The van der Waals surface area contributed by atoms with E-state index in [-0.39, 0.29) is 31.1 Å². The topological polar surface area (TPSA) is 88.6 Å². The lowest BCUT2D eigenvalue weighted by Crippen LogP contribution is -2.47. The van der Waals surface area contributed by atoms with Crippen molar-refractivity contribution >= 4 is 11.6 Å². The van der Waals surface area contributed by atoms with Gasteiger partial charge in [-0.25, -0.2) is 9.48 Å². The second kappa shape index (κ2) is 5.33. The summed E-state index contributed by atoms with van der Waals surface area (Å²) in [6.07, 6.45) is 4.29. The molecule has 2 aromatic rings. The molecule has 1 fully saturated rings. The van der Waals surface area contributed by atoms with E-state index >= 15 is 0 Å². The van der Waals surface area contributed by atoms with Crippen LogP contribution >= 0.6 is 0 Å². The van der Waals surface area contributed by atoms with Crippen LogP contribution in [0.2, 0.25) is 0 Å². The molecule has 0 aliphatic heterocycles. The first-order valence-corrected chi connectivity index (χ1v) is 7.11. The molecule has 7 heteroatoms. The molecule has 0 unspecified atom stereocenters. The number of hydrogen-bond acceptors (Lipinski definition) is 4. The van der Waals surface area contributed by atoms with Crippen molar-refractivity contribution in [2.75, 3.05) is 6.54 Å². The molecule has 0 saturated heterocycles. The van der Waals surface area contributed by atoms with Crippen LogP contribution in [0.4, 0.5) is 0 Å². The number of aliphatic hydroxyl groups is 1. The fraction of sp³-hybridized carbons (Fsp3) is 0.500. The molecule has 3 rings (SSSR count). The number of rotatable bonds is 5. The minimum atomic E-state index is -0.727. The fourth-order valence-corrected chi connectivity index (χ4v) is 2.43. The molecule has 21 heavy (non-hydrogen) atoms. The van der Waals surface area contributed by atoms with Crippen LogP contribution in [0.5, 0.6) is 0 Å². The Hall–Kier alpha value is -2.15. The summed E-state index contributed by atoms with van der Waals surface area (Å²) in [5.41, 5.74) is -0.419. The summed E-state index contributed by atoms with van der Waals surface area (Å²) >= 11 is 0. The van der Waals surface area contributed by atoms with Gasteiger partial charge in [0.2, 0.25) is 5.91 Å². The second-order valence-electron chi connectivity index (χ2n) is 5.54. The van der Waals surface area contributed by atoms with E-state index in [0.717, 1.165) is 19.3 Å². The van der Waals surface area contributed by atoms with Crippen molar-refractivity contribution in [2.45, 2.75) is 37.8 Å². The SMILES string of the molecule is O=C(CCn1nc2ccccn2c1=O)NCC1(O)CCC1. The molecule has 0 radical (unpaired) electrons. The zero-order chi connectivity index (χ0) is 14.9. The molecule has 0 spiro atoms. The van der Waals surface area contributed by atoms with E-state index in [1.54, 1.807) is 24.4 Å². The first-order valence-electron chi connectivity index (χ1n) is 7.11. The Morgan fingerprint density at radius 2 is 2.24 bits per heavy atom. The number of aryl methyl sites for hydroxylation is 1. The summed E-state index contributed by atoms with van der Waals surface area (Å²) in [6, 6.07) is 5.30. The van der Waals surface area contributed by atoms with Crippen molar-refractivity contribution in [3.63, 3.8) is 0 Å². The number of amides is 1. The van der Waals surface area contributed by atoms with Crippen molar-refractivity contribution < 1.29 is 9.90 Å². The van der Waals surface area contributed by atoms with Crippen LogP contribution in [0.15, 0.2) is 29.2 Å². The predicted octanol–water partition coefficient (Wildman–Crippen LogP) is -0.0827. The molecule has 112 valence electrons. The van der Waals surface area contributed by atoms with Gasteiger partial charge < -0.3 is 10.4 Å². The Balaban J connectivity index is 1.57. The summed E-state index contributed by atoms with van der Waals surface area (Å²) in [5, 5.41) is 16.8. The third-order valence-corrected chi connectivity index (χ3v) is 3.94. The standard InChI is InChI=1S/C14H18N4O3/c19-12(15-10-14(21)6-3-7-14)5-9-18-13(20)17-8-2-1-4-11(17)16-18/h1-2,4,8,21H,3,5-7,9-10H2,(H,15,19). The van der Waals surface area contributed by atoms with E-state index in [0.29, 0.717) is 5.65 Å². The zero-order valence-corrected chi connectivity index (χ0v) is 11.7. The molecule has 0 atom stereocenters. The second-order valence-corrected chi connectivity index (χ2v) is 5.54. The molecule has 2 N–H and O–H groups in total. The third-order valence-electron chi connectivity index (χ3n) is 3.94. The Morgan fingerprint density at radius 3 is 2.90 bits per heavy atom. The van der Waals surface area contributed by atoms with E-state index < -0.39 is 5.60 Å². The minimum Gasteiger partial charge on any atom is -0.388 e. The van der Waals surface area contributed by atoms with E-state index in [9.17, 15) is 14.7 Å². The number of carbonyl (C=O) groups is 1. The van der Waals surface area contributed by atoms with Gasteiger partial charge in [0.15, 0.2) is 5.65 Å². The van der Waals surface area contributed by atoms with Crippen LogP contribution in [-0.4, -0.2) is 37.3 Å². The molecule has 0 aromatic carbocycles. The van der Waals surface area contributed by atoms with Crippen molar-refractivity contribution in [2.24, 2.45) is 0 Å². The summed E-state index contributed by atoms with van der Waals surface area (Å²) in [4.78, 5) is 23.8. The van der Waals surface area contributed by atoms with Gasteiger partial charge in [0, 0.05) is 19.2 Å². The number of nitrogens with zero attached hydrogens (tertiary/aromatic N) is 3. The van der Waals surface area contributed by atoms with Gasteiger partial charge in [0.1, 0.15) is 0 Å². The number of fused-ring (bicyclic) bond motifs is 1. The van der Waals surface area contributed by atoms with Gasteiger partial charge >= 0.3 is 5.69 Å². The monoisotopic (exact) mass is 290 g/mol. The highest BCUT2D eigenvalue weighted by Crippen LogP contribution is 2.30. The van der Waals surface area contributed by atoms with E-state index in [1.807, 2.05) is 0 Å². The molecular weight excluding hydrogens is 272 g/mol. The number of hydrogen-bond donors (Lipinski definition) is 2. The molecule has 1 amide bonds. The molecule has 7 nitrogen and oxygen atoms in total. The highest BCUT2D eigenvalue weighted by Gasteiger charge is 2.34. The smallest absolute Gasteiger partial charge is 0.350 e. The number of pyridine rings is 1. The Bertz CT molecular complexity index is 714. The molecule has 0 bridgehead atoms. The van der Waals surface area contributed by atoms with Crippen molar-refractivity contribution in [3.8, 4) is 0 Å².